The quantitative estimate of drug-likeness (QED) is 0.540. The minimum atomic E-state index is -0.549. The molecule has 2 fully saturated rings. The van der Waals surface area contributed by atoms with Gasteiger partial charge in [-0.2, -0.15) is 0 Å². The highest BCUT2D eigenvalue weighted by molar-refractivity contribution is 4.95. The van der Waals surface area contributed by atoms with Crippen LogP contribution in [-0.2, 0) is 0 Å². The molecule has 2 heterocycles. The molecule has 2 aliphatic heterocycles. The Labute approximate surface area is 73.9 Å². The molecule has 0 aromatic carbocycles. The van der Waals surface area contributed by atoms with E-state index in [1.807, 2.05) is 0 Å². The lowest BCUT2D eigenvalue weighted by molar-refractivity contribution is 0.199. The fourth-order valence-electron chi connectivity index (χ4n) is 2.79. The van der Waals surface area contributed by atoms with Crippen molar-refractivity contribution < 1.29 is 4.39 Å². The maximum atomic E-state index is 13.4. The third-order valence-corrected chi connectivity index (χ3v) is 3.64. The van der Waals surface area contributed by atoms with Gasteiger partial charge in [-0.3, -0.25) is 4.90 Å². The Balaban J connectivity index is 2.11. The van der Waals surface area contributed by atoms with Crippen molar-refractivity contribution in [2.75, 3.05) is 7.05 Å². The zero-order valence-electron chi connectivity index (χ0n) is 7.96. The van der Waals surface area contributed by atoms with Gasteiger partial charge in [-0.15, -0.1) is 0 Å². The van der Waals surface area contributed by atoms with Crippen molar-refractivity contribution in [3.05, 3.63) is 0 Å². The van der Waals surface area contributed by atoms with Gasteiger partial charge in [-0.05, 0) is 38.6 Å². The first kappa shape index (κ1) is 8.49. The van der Waals surface area contributed by atoms with E-state index in [4.69, 9.17) is 0 Å². The summed E-state index contributed by atoms with van der Waals surface area (Å²) < 4.78 is 13.4. The van der Waals surface area contributed by atoms with Crippen LogP contribution in [0.3, 0.4) is 0 Å². The molecule has 1 nitrogen and oxygen atoms in total. The fraction of sp³-hybridized carbons (Fsp3) is 1.00. The lowest BCUT2D eigenvalue weighted by Gasteiger charge is -2.22. The lowest BCUT2D eigenvalue weighted by Crippen LogP contribution is -2.32. The number of hydrogen-bond acceptors (Lipinski definition) is 1. The predicted molar refractivity (Wildman–Crippen MR) is 47.9 cm³/mol. The molecule has 0 saturated carbocycles. The average Bonchev–Trinajstić information content (AvgIpc) is 2.14. The highest BCUT2D eigenvalue weighted by Crippen LogP contribution is 2.36. The normalized spacial score (nSPS) is 49.2. The second-order valence-corrected chi connectivity index (χ2v) is 4.56. The molecular weight excluding hydrogens is 153 g/mol. The van der Waals surface area contributed by atoms with E-state index in [9.17, 15) is 4.39 Å². The maximum Gasteiger partial charge on any atom is 0.117 e. The molecule has 70 valence electrons. The smallest absolute Gasteiger partial charge is 0.117 e. The Hall–Kier alpha value is -0.110. The van der Waals surface area contributed by atoms with Gasteiger partial charge in [0, 0.05) is 12.1 Å². The minimum absolute atomic E-state index is 0.236. The summed E-state index contributed by atoms with van der Waals surface area (Å²) >= 11 is 0. The number of alkyl halides is 1. The van der Waals surface area contributed by atoms with Crippen molar-refractivity contribution in [2.45, 2.75) is 50.9 Å². The summed E-state index contributed by atoms with van der Waals surface area (Å²) in [5.41, 5.74) is 0. The van der Waals surface area contributed by atoms with Gasteiger partial charge in [0.15, 0.2) is 0 Å². The van der Waals surface area contributed by atoms with Gasteiger partial charge < -0.3 is 0 Å². The van der Waals surface area contributed by atoms with Gasteiger partial charge in [0.25, 0.3) is 0 Å². The second-order valence-electron chi connectivity index (χ2n) is 4.56. The zero-order valence-corrected chi connectivity index (χ0v) is 7.96. The van der Waals surface area contributed by atoms with E-state index < -0.39 is 6.17 Å². The SMILES string of the molecule is CC1CCC2C(F)CC(C1)N2C. The van der Waals surface area contributed by atoms with Crippen molar-refractivity contribution in [3.63, 3.8) is 0 Å². The summed E-state index contributed by atoms with van der Waals surface area (Å²) in [5.74, 6) is 0.801. The standard InChI is InChI=1S/C10H18FN/c1-7-3-4-10-9(11)6-8(5-7)12(10)2/h7-10H,3-6H2,1-2H3. The second kappa shape index (κ2) is 2.99. The van der Waals surface area contributed by atoms with Crippen LogP contribution in [-0.4, -0.2) is 30.2 Å². The monoisotopic (exact) mass is 171 g/mol. The Morgan fingerprint density at radius 1 is 1.25 bits per heavy atom. The van der Waals surface area contributed by atoms with Gasteiger partial charge in [0.1, 0.15) is 6.17 Å². The van der Waals surface area contributed by atoms with Crippen LogP contribution in [0.4, 0.5) is 4.39 Å². The molecule has 2 heteroatoms. The van der Waals surface area contributed by atoms with E-state index in [-0.39, 0.29) is 6.04 Å². The first-order chi connectivity index (χ1) is 5.68. The van der Waals surface area contributed by atoms with Crippen molar-refractivity contribution in [1.29, 1.82) is 0 Å². The van der Waals surface area contributed by atoms with E-state index >= 15 is 0 Å². The topological polar surface area (TPSA) is 3.24 Å². The molecular formula is C10H18FN. The number of nitrogens with zero attached hydrogens (tertiary/aromatic N) is 1. The molecule has 0 amide bonds. The first-order valence-corrected chi connectivity index (χ1v) is 5.04. The predicted octanol–water partition coefficient (Wildman–Crippen LogP) is 2.22. The van der Waals surface area contributed by atoms with E-state index in [0.29, 0.717) is 6.04 Å². The fourth-order valence-corrected chi connectivity index (χ4v) is 2.79. The third-order valence-electron chi connectivity index (χ3n) is 3.64. The Morgan fingerprint density at radius 2 is 2.00 bits per heavy atom. The number of rotatable bonds is 0. The van der Waals surface area contributed by atoms with E-state index in [2.05, 4.69) is 18.9 Å². The Kier molecular flexibility index (Phi) is 2.11. The lowest BCUT2D eigenvalue weighted by atomic mass is 9.92. The van der Waals surface area contributed by atoms with Crippen molar-refractivity contribution >= 4 is 0 Å². The maximum absolute atomic E-state index is 13.4. The van der Waals surface area contributed by atoms with E-state index in [0.717, 1.165) is 18.8 Å². The number of halogens is 1. The summed E-state index contributed by atoms with van der Waals surface area (Å²) in [6.45, 7) is 2.29. The summed E-state index contributed by atoms with van der Waals surface area (Å²) in [6, 6.07) is 0.766. The van der Waals surface area contributed by atoms with Gasteiger partial charge in [0.2, 0.25) is 0 Å². The largest absolute Gasteiger partial charge is 0.297 e. The van der Waals surface area contributed by atoms with E-state index in [1.165, 1.54) is 12.8 Å². The minimum Gasteiger partial charge on any atom is -0.297 e. The van der Waals surface area contributed by atoms with Crippen LogP contribution in [0.2, 0.25) is 0 Å². The molecule has 2 saturated heterocycles. The molecule has 12 heavy (non-hydrogen) atoms. The van der Waals surface area contributed by atoms with Crippen molar-refractivity contribution in [2.24, 2.45) is 5.92 Å². The molecule has 4 atom stereocenters. The van der Waals surface area contributed by atoms with E-state index in [1.54, 1.807) is 0 Å². The highest BCUT2D eigenvalue weighted by Gasteiger charge is 2.41. The summed E-state index contributed by atoms with van der Waals surface area (Å²) in [7, 11) is 2.09. The average molecular weight is 171 g/mol. The van der Waals surface area contributed by atoms with Crippen LogP contribution in [0.15, 0.2) is 0 Å². The molecule has 0 N–H and O–H groups in total. The Morgan fingerprint density at radius 3 is 2.75 bits per heavy atom. The van der Waals surface area contributed by atoms with Gasteiger partial charge in [-0.25, -0.2) is 4.39 Å². The van der Waals surface area contributed by atoms with Gasteiger partial charge in [0.05, 0.1) is 0 Å². The number of fused-ring (bicyclic) bond motifs is 2. The molecule has 2 aliphatic rings. The molecule has 2 bridgehead atoms. The van der Waals surface area contributed by atoms with Crippen molar-refractivity contribution in [3.8, 4) is 0 Å². The van der Waals surface area contributed by atoms with Gasteiger partial charge in [-0.1, -0.05) is 6.92 Å². The van der Waals surface area contributed by atoms with Crippen LogP contribution in [0.25, 0.3) is 0 Å². The van der Waals surface area contributed by atoms with Crippen LogP contribution >= 0.6 is 0 Å². The van der Waals surface area contributed by atoms with Crippen molar-refractivity contribution in [1.82, 2.24) is 4.90 Å². The van der Waals surface area contributed by atoms with Crippen LogP contribution in [0.1, 0.15) is 32.6 Å². The molecule has 0 spiro atoms. The zero-order chi connectivity index (χ0) is 8.72. The molecule has 0 aromatic rings. The van der Waals surface area contributed by atoms with Crippen LogP contribution < -0.4 is 0 Å². The van der Waals surface area contributed by atoms with Gasteiger partial charge >= 0.3 is 0 Å². The molecule has 0 aromatic heterocycles. The Bertz CT molecular complexity index is 171. The summed E-state index contributed by atoms with van der Waals surface area (Å²) in [6.07, 6.45) is 3.72. The summed E-state index contributed by atoms with van der Waals surface area (Å²) in [4.78, 5) is 2.27. The third kappa shape index (κ3) is 1.26. The molecule has 2 rings (SSSR count). The van der Waals surface area contributed by atoms with Crippen LogP contribution in [0, 0.1) is 5.92 Å². The van der Waals surface area contributed by atoms with Crippen LogP contribution in [0.5, 0.6) is 0 Å². The molecule has 0 radical (unpaired) electrons. The highest BCUT2D eigenvalue weighted by atomic mass is 19.1. The molecule has 0 aliphatic carbocycles. The molecule has 4 unspecified atom stereocenters. The first-order valence-electron chi connectivity index (χ1n) is 5.04. The summed E-state index contributed by atoms with van der Waals surface area (Å²) in [5, 5.41) is 0. The number of hydrogen-bond donors (Lipinski definition) is 0.